The number of rotatable bonds is 7. The molecule has 2 aromatic carbocycles. The van der Waals surface area contributed by atoms with E-state index in [4.69, 9.17) is 9.47 Å². The van der Waals surface area contributed by atoms with Gasteiger partial charge < -0.3 is 14.8 Å². The number of aryl methyl sites for hydroxylation is 2. The number of anilines is 1. The summed E-state index contributed by atoms with van der Waals surface area (Å²) in [5.74, 6) is 1.94. The molecule has 0 atom stereocenters. The summed E-state index contributed by atoms with van der Waals surface area (Å²) in [7, 11) is 3.47. The van der Waals surface area contributed by atoms with Crippen LogP contribution in [-0.2, 0) is 18.3 Å². The van der Waals surface area contributed by atoms with E-state index in [0.29, 0.717) is 30.1 Å². The Morgan fingerprint density at radius 3 is 2.46 bits per heavy atom. The first kappa shape index (κ1) is 17.5. The summed E-state index contributed by atoms with van der Waals surface area (Å²) in [4.78, 5) is 12.1. The summed E-state index contributed by atoms with van der Waals surface area (Å²) in [5, 5.41) is 6.99. The van der Waals surface area contributed by atoms with Crippen LogP contribution in [0, 0.1) is 0 Å². The van der Waals surface area contributed by atoms with Gasteiger partial charge in [0.25, 0.3) is 0 Å². The molecule has 0 unspecified atom stereocenters. The van der Waals surface area contributed by atoms with Gasteiger partial charge in [-0.3, -0.25) is 9.48 Å². The smallest absolute Gasteiger partial charge is 0.224 e. The van der Waals surface area contributed by atoms with Gasteiger partial charge in [-0.1, -0.05) is 12.1 Å². The van der Waals surface area contributed by atoms with Crippen LogP contribution in [0.2, 0.25) is 0 Å². The van der Waals surface area contributed by atoms with Gasteiger partial charge in [-0.25, -0.2) is 0 Å². The van der Waals surface area contributed by atoms with Crippen molar-refractivity contribution < 1.29 is 14.3 Å². The van der Waals surface area contributed by atoms with E-state index in [1.165, 1.54) is 0 Å². The molecular formula is C20H21N3O3. The lowest BCUT2D eigenvalue weighted by Crippen LogP contribution is -2.13. The van der Waals surface area contributed by atoms with Crippen LogP contribution < -0.4 is 14.8 Å². The summed E-state index contributed by atoms with van der Waals surface area (Å²) in [6, 6.07) is 16.6. The molecule has 0 saturated heterocycles. The van der Waals surface area contributed by atoms with Crippen LogP contribution in [-0.4, -0.2) is 22.8 Å². The fraction of sp³-hybridized carbons (Fsp3) is 0.200. The molecule has 0 fully saturated rings. The van der Waals surface area contributed by atoms with E-state index in [2.05, 4.69) is 10.4 Å². The number of hydrogen-bond donors (Lipinski definition) is 1. The number of carbonyl (C=O) groups is 1. The molecule has 134 valence electrons. The average Bonchev–Trinajstić information content (AvgIpc) is 3.07. The number of para-hydroxylation sites is 2. The first-order valence-corrected chi connectivity index (χ1v) is 8.33. The molecule has 1 heterocycles. The zero-order valence-corrected chi connectivity index (χ0v) is 14.8. The lowest BCUT2D eigenvalue weighted by Gasteiger charge is -2.11. The molecule has 0 aliphatic carbocycles. The van der Waals surface area contributed by atoms with Crippen LogP contribution in [0.4, 0.5) is 5.69 Å². The highest BCUT2D eigenvalue weighted by Gasteiger charge is 2.07. The van der Waals surface area contributed by atoms with Crippen LogP contribution >= 0.6 is 0 Å². The Morgan fingerprint density at radius 2 is 1.81 bits per heavy atom. The number of nitrogens with zero attached hydrogens (tertiary/aromatic N) is 2. The maximum Gasteiger partial charge on any atom is 0.224 e. The highest BCUT2D eigenvalue weighted by molar-refractivity contribution is 5.90. The van der Waals surface area contributed by atoms with Gasteiger partial charge in [0, 0.05) is 31.0 Å². The number of aromatic nitrogens is 2. The largest absolute Gasteiger partial charge is 0.493 e. The maximum atomic E-state index is 12.1. The number of benzene rings is 2. The predicted molar refractivity (Wildman–Crippen MR) is 99.7 cm³/mol. The number of ether oxygens (including phenoxy) is 2. The van der Waals surface area contributed by atoms with Crippen molar-refractivity contribution in [3.05, 3.63) is 66.5 Å². The topological polar surface area (TPSA) is 65.4 Å². The fourth-order valence-corrected chi connectivity index (χ4v) is 2.55. The summed E-state index contributed by atoms with van der Waals surface area (Å²) < 4.78 is 12.9. The van der Waals surface area contributed by atoms with Crippen molar-refractivity contribution in [1.29, 1.82) is 0 Å². The number of amides is 1. The Kier molecular flexibility index (Phi) is 5.53. The quantitative estimate of drug-likeness (QED) is 0.703. The van der Waals surface area contributed by atoms with Gasteiger partial charge in [-0.2, -0.15) is 5.10 Å². The Morgan fingerprint density at radius 1 is 1.08 bits per heavy atom. The summed E-state index contributed by atoms with van der Waals surface area (Å²) in [5.41, 5.74) is 1.76. The normalized spacial score (nSPS) is 10.4. The minimum Gasteiger partial charge on any atom is -0.493 e. The van der Waals surface area contributed by atoms with Crippen molar-refractivity contribution >= 4 is 11.6 Å². The van der Waals surface area contributed by atoms with Gasteiger partial charge in [0.15, 0.2) is 11.5 Å². The van der Waals surface area contributed by atoms with Crippen molar-refractivity contribution in [2.24, 2.45) is 7.05 Å². The Labute approximate surface area is 152 Å². The van der Waals surface area contributed by atoms with Crippen LogP contribution in [0.25, 0.3) is 0 Å². The lowest BCUT2D eigenvalue weighted by molar-refractivity contribution is -0.116. The van der Waals surface area contributed by atoms with E-state index in [0.717, 1.165) is 11.4 Å². The third kappa shape index (κ3) is 4.42. The fourth-order valence-electron chi connectivity index (χ4n) is 2.55. The van der Waals surface area contributed by atoms with E-state index in [1.54, 1.807) is 18.0 Å². The summed E-state index contributed by atoms with van der Waals surface area (Å²) in [6.45, 7) is 0. The standard InChI is InChI=1S/C20H21N3O3/c1-23-16(13-14-21-23)9-12-20(24)22-15-7-10-17(11-8-15)26-19-6-4-3-5-18(19)25-2/h3-8,10-11,13-14H,9,12H2,1-2H3,(H,22,24). The molecular weight excluding hydrogens is 330 g/mol. The Hall–Kier alpha value is -3.28. The highest BCUT2D eigenvalue weighted by Crippen LogP contribution is 2.31. The first-order chi connectivity index (χ1) is 12.7. The zero-order valence-electron chi connectivity index (χ0n) is 14.8. The summed E-state index contributed by atoms with van der Waals surface area (Å²) >= 11 is 0. The highest BCUT2D eigenvalue weighted by atomic mass is 16.5. The number of methoxy groups -OCH3 is 1. The van der Waals surface area contributed by atoms with E-state index in [1.807, 2.05) is 61.6 Å². The molecule has 1 amide bonds. The van der Waals surface area contributed by atoms with Gasteiger partial charge >= 0.3 is 0 Å². The molecule has 0 bridgehead atoms. The van der Waals surface area contributed by atoms with Gasteiger partial charge in [-0.05, 0) is 48.9 Å². The zero-order chi connectivity index (χ0) is 18.4. The van der Waals surface area contributed by atoms with Crippen LogP contribution in [0.3, 0.4) is 0 Å². The van der Waals surface area contributed by atoms with Crippen molar-refractivity contribution in [3.8, 4) is 17.2 Å². The SMILES string of the molecule is COc1ccccc1Oc1ccc(NC(=O)CCc2ccnn2C)cc1. The van der Waals surface area contributed by atoms with Crippen LogP contribution in [0.5, 0.6) is 17.2 Å². The average molecular weight is 351 g/mol. The van der Waals surface area contributed by atoms with E-state index < -0.39 is 0 Å². The second kappa shape index (κ2) is 8.20. The Bertz CT molecular complexity index is 872. The molecule has 0 aliphatic rings. The minimum absolute atomic E-state index is 0.0374. The molecule has 1 N–H and O–H groups in total. The number of nitrogens with one attached hydrogen (secondary N) is 1. The van der Waals surface area contributed by atoms with E-state index in [-0.39, 0.29) is 5.91 Å². The van der Waals surface area contributed by atoms with Gasteiger partial charge in [0.1, 0.15) is 5.75 Å². The molecule has 3 aromatic rings. The Balaban J connectivity index is 1.55. The monoisotopic (exact) mass is 351 g/mol. The lowest BCUT2D eigenvalue weighted by atomic mass is 10.2. The van der Waals surface area contributed by atoms with Crippen LogP contribution in [0.15, 0.2) is 60.8 Å². The number of hydrogen-bond acceptors (Lipinski definition) is 4. The maximum absolute atomic E-state index is 12.1. The molecule has 0 spiro atoms. The molecule has 6 nitrogen and oxygen atoms in total. The second-order valence-corrected chi connectivity index (χ2v) is 5.77. The summed E-state index contributed by atoms with van der Waals surface area (Å²) in [6.07, 6.45) is 2.78. The van der Waals surface area contributed by atoms with Crippen molar-refractivity contribution in [1.82, 2.24) is 9.78 Å². The molecule has 0 saturated carbocycles. The predicted octanol–water partition coefficient (Wildman–Crippen LogP) is 3.79. The van der Waals surface area contributed by atoms with Crippen molar-refractivity contribution in [2.45, 2.75) is 12.8 Å². The molecule has 3 rings (SSSR count). The molecule has 0 aliphatic heterocycles. The van der Waals surface area contributed by atoms with Crippen LogP contribution in [0.1, 0.15) is 12.1 Å². The third-order valence-corrected chi connectivity index (χ3v) is 3.97. The minimum atomic E-state index is -0.0374. The van der Waals surface area contributed by atoms with Gasteiger partial charge in [0.05, 0.1) is 7.11 Å². The van der Waals surface area contributed by atoms with Crippen molar-refractivity contribution in [3.63, 3.8) is 0 Å². The van der Waals surface area contributed by atoms with Crippen molar-refractivity contribution in [2.75, 3.05) is 12.4 Å². The van der Waals surface area contributed by atoms with Gasteiger partial charge in [-0.15, -0.1) is 0 Å². The van der Waals surface area contributed by atoms with E-state index in [9.17, 15) is 4.79 Å². The van der Waals surface area contributed by atoms with E-state index >= 15 is 0 Å². The molecule has 6 heteroatoms. The van der Waals surface area contributed by atoms with Gasteiger partial charge in [0.2, 0.25) is 5.91 Å². The first-order valence-electron chi connectivity index (χ1n) is 8.33. The molecule has 1 aromatic heterocycles. The molecule has 26 heavy (non-hydrogen) atoms. The number of carbonyl (C=O) groups excluding carboxylic acids is 1. The second-order valence-electron chi connectivity index (χ2n) is 5.77. The molecule has 0 radical (unpaired) electrons. The third-order valence-electron chi connectivity index (χ3n) is 3.97.